The van der Waals surface area contributed by atoms with E-state index in [1.54, 1.807) is 0 Å². The second-order valence-corrected chi connectivity index (χ2v) is 7.98. The van der Waals surface area contributed by atoms with Gasteiger partial charge >= 0.3 is 5.97 Å². The number of nitrogens with zero attached hydrogens (tertiary/aromatic N) is 1. The number of ether oxygens (including phenoxy) is 1. The third kappa shape index (κ3) is 4.43. The van der Waals surface area contributed by atoms with Gasteiger partial charge in [0.15, 0.2) is 5.11 Å². The Labute approximate surface area is 164 Å². The van der Waals surface area contributed by atoms with Gasteiger partial charge in [-0.1, -0.05) is 37.3 Å². The van der Waals surface area contributed by atoms with Crippen molar-refractivity contribution in [3.8, 4) is 10.4 Å². The lowest BCUT2D eigenvalue weighted by Crippen LogP contribution is -2.40. The molecule has 1 aromatic heterocycles. The number of rotatable bonds is 4. The highest BCUT2D eigenvalue weighted by Gasteiger charge is 2.22. The van der Waals surface area contributed by atoms with E-state index in [4.69, 9.17) is 17.0 Å². The molecule has 2 aromatic rings. The van der Waals surface area contributed by atoms with Crippen LogP contribution in [-0.2, 0) is 4.74 Å². The number of hydrogen-bond donors (Lipinski definition) is 1. The zero-order valence-corrected chi connectivity index (χ0v) is 16.8. The van der Waals surface area contributed by atoms with Crippen LogP contribution in [0.1, 0.15) is 37.0 Å². The molecule has 26 heavy (non-hydrogen) atoms. The van der Waals surface area contributed by atoms with Crippen molar-refractivity contribution >= 4 is 39.6 Å². The van der Waals surface area contributed by atoms with E-state index in [-0.39, 0.29) is 5.97 Å². The average molecular weight is 389 g/mol. The van der Waals surface area contributed by atoms with Gasteiger partial charge in [0, 0.05) is 18.0 Å². The number of thiophene rings is 1. The smallest absolute Gasteiger partial charge is 0.341 e. The van der Waals surface area contributed by atoms with Gasteiger partial charge in [-0.15, -0.1) is 11.3 Å². The van der Waals surface area contributed by atoms with Crippen LogP contribution in [0.3, 0.4) is 0 Å². The molecule has 0 bridgehead atoms. The average Bonchev–Trinajstić information content (AvgIpc) is 3.07. The fourth-order valence-electron chi connectivity index (χ4n) is 2.98. The molecule has 0 spiro atoms. The molecule has 0 atom stereocenters. The first kappa shape index (κ1) is 18.9. The molecular formula is C20H24N2O2S2. The van der Waals surface area contributed by atoms with Crippen molar-refractivity contribution < 1.29 is 9.53 Å². The van der Waals surface area contributed by atoms with Gasteiger partial charge < -0.3 is 15.0 Å². The van der Waals surface area contributed by atoms with E-state index in [0.717, 1.165) is 47.3 Å². The molecule has 1 aliphatic rings. The summed E-state index contributed by atoms with van der Waals surface area (Å²) >= 11 is 7.13. The fourth-order valence-corrected chi connectivity index (χ4v) is 4.38. The highest BCUT2D eigenvalue weighted by molar-refractivity contribution is 7.80. The topological polar surface area (TPSA) is 41.6 Å². The Kier molecular flexibility index (Phi) is 6.27. The van der Waals surface area contributed by atoms with Crippen molar-refractivity contribution in [3.05, 3.63) is 42.0 Å². The number of thiocarbonyl (C=S) groups is 1. The maximum atomic E-state index is 12.4. The highest BCUT2D eigenvalue weighted by atomic mass is 32.1. The second kappa shape index (κ2) is 8.64. The van der Waals surface area contributed by atoms with Crippen LogP contribution < -0.4 is 5.32 Å². The van der Waals surface area contributed by atoms with Crippen LogP contribution in [0.25, 0.3) is 10.4 Å². The fraction of sp³-hybridized carbons (Fsp3) is 0.400. The maximum Gasteiger partial charge on any atom is 0.341 e. The number of hydrogen-bond acceptors (Lipinski definition) is 4. The molecule has 2 heterocycles. The monoisotopic (exact) mass is 388 g/mol. The first-order valence-electron chi connectivity index (χ1n) is 9.00. The summed E-state index contributed by atoms with van der Waals surface area (Å²) < 4.78 is 5.23. The highest BCUT2D eigenvalue weighted by Crippen LogP contribution is 2.36. The molecule has 1 saturated heterocycles. The molecule has 4 nitrogen and oxygen atoms in total. The van der Waals surface area contributed by atoms with Crippen LogP contribution in [0.5, 0.6) is 0 Å². The largest absolute Gasteiger partial charge is 0.462 e. The molecular weight excluding hydrogens is 364 g/mol. The molecule has 0 radical (unpaired) electrons. The van der Waals surface area contributed by atoms with Gasteiger partial charge in [0.25, 0.3) is 0 Å². The maximum absolute atomic E-state index is 12.4. The summed E-state index contributed by atoms with van der Waals surface area (Å²) in [7, 11) is 0. The van der Waals surface area contributed by atoms with Crippen molar-refractivity contribution in [2.45, 2.75) is 26.7 Å². The summed E-state index contributed by atoms with van der Waals surface area (Å²) in [5.74, 6) is 0.430. The number of nitrogens with one attached hydrogen (secondary N) is 1. The quantitative estimate of drug-likeness (QED) is 0.588. The third-order valence-corrected chi connectivity index (χ3v) is 6.04. The number of carbonyl (C=O) groups is 1. The van der Waals surface area contributed by atoms with Crippen molar-refractivity contribution in [3.63, 3.8) is 0 Å². The van der Waals surface area contributed by atoms with Crippen molar-refractivity contribution in [1.29, 1.82) is 0 Å². The normalized spacial score (nSPS) is 14.9. The zero-order valence-electron chi connectivity index (χ0n) is 15.2. The van der Waals surface area contributed by atoms with Crippen molar-refractivity contribution in [2.24, 2.45) is 5.92 Å². The van der Waals surface area contributed by atoms with Gasteiger partial charge in [-0.05, 0) is 49.5 Å². The van der Waals surface area contributed by atoms with E-state index in [2.05, 4.69) is 17.1 Å². The standard InChI is InChI=1S/C20H24N2O2S2/c1-3-24-19(23)16-13-17(15-7-5-4-6-8-15)26-18(16)21-20(25)22-11-9-14(2)10-12-22/h4-8,13-14H,3,9-12H2,1-2H3,(H,21,25). The number of likely N-dealkylation sites (tertiary alicyclic amines) is 1. The van der Waals surface area contributed by atoms with E-state index < -0.39 is 0 Å². The Morgan fingerprint density at radius 2 is 2.00 bits per heavy atom. The van der Waals surface area contributed by atoms with E-state index in [1.165, 1.54) is 11.3 Å². The minimum Gasteiger partial charge on any atom is -0.462 e. The molecule has 0 saturated carbocycles. The van der Waals surface area contributed by atoms with Crippen LogP contribution in [0.15, 0.2) is 36.4 Å². The predicted octanol–water partition coefficient (Wildman–Crippen LogP) is 5.02. The van der Waals surface area contributed by atoms with Crippen LogP contribution in [0.4, 0.5) is 5.00 Å². The lowest BCUT2D eigenvalue weighted by atomic mass is 10.00. The number of piperidine rings is 1. The summed E-state index contributed by atoms with van der Waals surface area (Å²) in [5, 5.41) is 4.74. The minimum absolute atomic E-state index is 0.316. The van der Waals surface area contributed by atoms with Crippen LogP contribution in [0, 0.1) is 5.92 Å². The Morgan fingerprint density at radius 3 is 2.65 bits per heavy atom. The van der Waals surface area contributed by atoms with Gasteiger partial charge in [-0.25, -0.2) is 4.79 Å². The molecule has 3 rings (SSSR count). The number of carbonyl (C=O) groups excluding carboxylic acids is 1. The molecule has 1 N–H and O–H groups in total. The Morgan fingerprint density at radius 1 is 1.31 bits per heavy atom. The van der Waals surface area contributed by atoms with Gasteiger partial charge in [0.05, 0.1) is 12.2 Å². The lowest BCUT2D eigenvalue weighted by molar-refractivity contribution is 0.0528. The third-order valence-electron chi connectivity index (χ3n) is 4.58. The van der Waals surface area contributed by atoms with Crippen LogP contribution in [-0.4, -0.2) is 35.7 Å². The van der Waals surface area contributed by atoms with Crippen LogP contribution in [0.2, 0.25) is 0 Å². The van der Waals surface area contributed by atoms with Crippen molar-refractivity contribution in [2.75, 3.05) is 25.0 Å². The molecule has 0 amide bonds. The molecule has 1 aromatic carbocycles. The van der Waals surface area contributed by atoms with Gasteiger partial charge in [0.2, 0.25) is 0 Å². The van der Waals surface area contributed by atoms with E-state index >= 15 is 0 Å². The lowest BCUT2D eigenvalue weighted by Gasteiger charge is -2.32. The molecule has 0 aliphatic carbocycles. The SMILES string of the molecule is CCOC(=O)c1cc(-c2ccccc2)sc1NC(=S)N1CCC(C)CC1. The van der Waals surface area contributed by atoms with E-state index in [9.17, 15) is 4.79 Å². The molecule has 6 heteroatoms. The number of benzene rings is 1. The van der Waals surface area contributed by atoms with Gasteiger partial charge in [-0.2, -0.15) is 0 Å². The van der Waals surface area contributed by atoms with E-state index in [0.29, 0.717) is 17.3 Å². The summed E-state index contributed by atoms with van der Waals surface area (Å²) in [6.07, 6.45) is 2.29. The first-order chi connectivity index (χ1) is 12.6. The van der Waals surface area contributed by atoms with Crippen molar-refractivity contribution in [1.82, 2.24) is 4.90 Å². The Hall–Kier alpha value is -1.92. The molecule has 1 fully saturated rings. The van der Waals surface area contributed by atoms with Gasteiger partial charge in [-0.3, -0.25) is 0 Å². The molecule has 1 aliphatic heterocycles. The van der Waals surface area contributed by atoms with E-state index in [1.807, 2.05) is 43.3 Å². The zero-order chi connectivity index (χ0) is 18.5. The predicted molar refractivity (Wildman–Crippen MR) is 112 cm³/mol. The Balaban J connectivity index is 1.83. The second-order valence-electron chi connectivity index (χ2n) is 6.54. The number of esters is 1. The summed E-state index contributed by atoms with van der Waals surface area (Å²) in [5.41, 5.74) is 1.62. The Bertz CT molecular complexity index is 765. The van der Waals surface area contributed by atoms with Gasteiger partial charge in [0.1, 0.15) is 5.00 Å². The van der Waals surface area contributed by atoms with Crippen LogP contribution >= 0.6 is 23.6 Å². The number of anilines is 1. The first-order valence-corrected chi connectivity index (χ1v) is 10.2. The minimum atomic E-state index is -0.316. The molecule has 138 valence electrons. The summed E-state index contributed by atoms with van der Waals surface area (Å²) in [4.78, 5) is 15.6. The summed E-state index contributed by atoms with van der Waals surface area (Å²) in [6, 6.07) is 11.9. The summed E-state index contributed by atoms with van der Waals surface area (Å²) in [6.45, 7) is 6.35. The molecule has 0 unspecified atom stereocenters.